The molecule has 5 nitrogen and oxygen atoms in total. The summed E-state index contributed by atoms with van der Waals surface area (Å²) in [6.07, 6.45) is 0. The van der Waals surface area contributed by atoms with Crippen LogP contribution in [0.3, 0.4) is 0 Å². The Morgan fingerprint density at radius 2 is 1.69 bits per heavy atom. The molecule has 0 bridgehead atoms. The molecule has 32 heavy (non-hydrogen) atoms. The van der Waals surface area contributed by atoms with Crippen molar-refractivity contribution in [1.82, 2.24) is 4.98 Å². The molecular weight excluding hydrogens is 407 g/mol. The second kappa shape index (κ2) is 8.67. The number of anilines is 1. The van der Waals surface area contributed by atoms with Crippen molar-refractivity contribution < 1.29 is 18.7 Å². The number of nitrogens with zero attached hydrogens (tertiary/aromatic N) is 1. The molecule has 1 amide bonds. The third kappa shape index (κ3) is 4.12. The Morgan fingerprint density at radius 3 is 2.38 bits per heavy atom. The first kappa shape index (κ1) is 21.3. The normalized spacial score (nSPS) is 10.8. The largest absolute Gasteiger partial charge is 0.497 e. The number of benzene rings is 3. The SMILES string of the molecule is COc1ccc(NC(=O)c2cc(-c3ccc(F)cc3)nc3c(C)cc(C)cc23)c(OC)c1. The molecule has 0 aliphatic rings. The average molecular weight is 430 g/mol. The number of aryl methyl sites for hydroxylation is 2. The van der Waals surface area contributed by atoms with Crippen LogP contribution in [0.2, 0.25) is 0 Å². The van der Waals surface area contributed by atoms with Gasteiger partial charge < -0.3 is 14.8 Å². The first-order chi connectivity index (χ1) is 15.4. The van der Waals surface area contributed by atoms with Crippen LogP contribution in [0.4, 0.5) is 10.1 Å². The Morgan fingerprint density at radius 1 is 0.938 bits per heavy atom. The summed E-state index contributed by atoms with van der Waals surface area (Å²) >= 11 is 0. The van der Waals surface area contributed by atoms with Crippen molar-refractivity contribution >= 4 is 22.5 Å². The highest BCUT2D eigenvalue weighted by atomic mass is 19.1. The van der Waals surface area contributed by atoms with Crippen molar-refractivity contribution in [3.05, 3.63) is 83.2 Å². The van der Waals surface area contributed by atoms with Gasteiger partial charge in [0.15, 0.2) is 0 Å². The Kier molecular flexibility index (Phi) is 5.77. The Labute approximate surface area is 185 Å². The van der Waals surface area contributed by atoms with Crippen LogP contribution in [0.1, 0.15) is 21.5 Å². The molecule has 0 saturated heterocycles. The van der Waals surface area contributed by atoms with Crippen molar-refractivity contribution in [1.29, 1.82) is 0 Å². The third-order valence-electron chi connectivity index (χ3n) is 5.29. The van der Waals surface area contributed by atoms with E-state index < -0.39 is 0 Å². The summed E-state index contributed by atoms with van der Waals surface area (Å²) in [5.41, 5.74) is 5.03. The second-order valence-electron chi connectivity index (χ2n) is 7.56. The van der Waals surface area contributed by atoms with E-state index in [1.165, 1.54) is 19.2 Å². The predicted molar refractivity (Wildman–Crippen MR) is 124 cm³/mol. The number of halogens is 1. The quantitative estimate of drug-likeness (QED) is 0.426. The number of hydrogen-bond donors (Lipinski definition) is 1. The van der Waals surface area contributed by atoms with Gasteiger partial charge in [-0.15, -0.1) is 0 Å². The van der Waals surface area contributed by atoms with Crippen molar-refractivity contribution in [3.8, 4) is 22.8 Å². The summed E-state index contributed by atoms with van der Waals surface area (Å²) < 4.78 is 24.1. The van der Waals surface area contributed by atoms with Gasteiger partial charge >= 0.3 is 0 Å². The van der Waals surface area contributed by atoms with E-state index >= 15 is 0 Å². The fraction of sp³-hybridized carbons (Fsp3) is 0.154. The number of methoxy groups -OCH3 is 2. The van der Waals surface area contributed by atoms with Gasteiger partial charge in [-0.2, -0.15) is 0 Å². The Balaban J connectivity index is 1.85. The van der Waals surface area contributed by atoms with Crippen LogP contribution in [0.25, 0.3) is 22.2 Å². The smallest absolute Gasteiger partial charge is 0.256 e. The topological polar surface area (TPSA) is 60.5 Å². The van der Waals surface area contributed by atoms with E-state index in [0.29, 0.717) is 28.4 Å². The maximum Gasteiger partial charge on any atom is 0.256 e. The Hall–Kier alpha value is -3.93. The lowest BCUT2D eigenvalue weighted by Gasteiger charge is -2.15. The van der Waals surface area contributed by atoms with Gasteiger partial charge in [-0.1, -0.05) is 11.6 Å². The highest BCUT2D eigenvalue weighted by Gasteiger charge is 2.18. The zero-order valence-electron chi connectivity index (χ0n) is 18.3. The third-order valence-corrected chi connectivity index (χ3v) is 5.29. The number of rotatable bonds is 5. The summed E-state index contributed by atoms with van der Waals surface area (Å²) in [4.78, 5) is 18.2. The first-order valence-corrected chi connectivity index (χ1v) is 10.1. The molecule has 4 aromatic rings. The molecule has 4 rings (SSSR count). The van der Waals surface area contributed by atoms with Gasteiger partial charge in [0.1, 0.15) is 17.3 Å². The molecule has 0 aliphatic carbocycles. The molecule has 0 aliphatic heterocycles. The van der Waals surface area contributed by atoms with E-state index in [4.69, 9.17) is 14.5 Å². The van der Waals surface area contributed by atoms with Gasteiger partial charge in [-0.05, 0) is 67.9 Å². The van der Waals surface area contributed by atoms with E-state index in [9.17, 15) is 9.18 Å². The van der Waals surface area contributed by atoms with Crippen LogP contribution < -0.4 is 14.8 Å². The van der Waals surface area contributed by atoms with E-state index in [0.717, 1.165) is 27.6 Å². The maximum absolute atomic E-state index is 13.4. The van der Waals surface area contributed by atoms with E-state index in [2.05, 4.69) is 5.32 Å². The van der Waals surface area contributed by atoms with E-state index in [-0.39, 0.29) is 11.7 Å². The summed E-state index contributed by atoms with van der Waals surface area (Å²) in [5.74, 6) is 0.487. The number of nitrogens with one attached hydrogen (secondary N) is 1. The molecule has 1 heterocycles. The predicted octanol–water partition coefficient (Wildman–Crippen LogP) is 5.93. The summed E-state index contributed by atoms with van der Waals surface area (Å²) in [7, 11) is 3.10. The lowest BCUT2D eigenvalue weighted by Crippen LogP contribution is -2.14. The number of amides is 1. The standard InChI is InChI=1S/C26H23FN2O3/c1-15-11-16(2)25-20(12-15)21(14-23(28-25)17-5-7-18(27)8-6-17)26(30)29-22-10-9-19(31-3)13-24(22)32-4/h5-14H,1-4H3,(H,29,30). The fourth-order valence-electron chi connectivity index (χ4n) is 3.73. The zero-order chi connectivity index (χ0) is 22.8. The van der Waals surface area contributed by atoms with Crippen LogP contribution in [0.5, 0.6) is 11.5 Å². The van der Waals surface area contributed by atoms with Crippen LogP contribution >= 0.6 is 0 Å². The molecule has 0 unspecified atom stereocenters. The first-order valence-electron chi connectivity index (χ1n) is 10.1. The highest BCUT2D eigenvalue weighted by molar-refractivity contribution is 6.14. The van der Waals surface area contributed by atoms with Crippen LogP contribution in [-0.2, 0) is 0 Å². The number of carbonyl (C=O) groups excluding carboxylic acids is 1. The lowest BCUT2D eigenvalue weighted by molar-refractivity contribution is 0.102. The summed E-state index contributed by atoms with van der Waals surface area (Å²) in [6.45, 7) is 3.94. The molecule has 0 saturated carbocycles. The molecule has 0 atom stereocenters. The van der Waals surface area contributed by atoms with Crippen LogP contribution in [0, 0.1) is 19.7 Å². The minimum absolute atomic E-state index is 0.297. The van der Waals surface area contributed by atoms with Crippen LogP contribution in [-0.4, -0.2) is 25.1 Å². The van der Waals surface area contributed by atoms with Crippen LogP contribution in [0.15, 0.2) is 60.7 Å². The van der Waals surface area contributed by atoms with Gasteiger partial charge in [-0.25, -0.2) is 9.37 Å². The lowest BCUT2D eigenvalue weighted by atomic mass is 9.99. The molecule has 162 valence electrons. The van der Waals surface area contributed by atoms with E-state index in [1.807, 2.05) is 26.0 Å². The van der Waals surface area contributed by atoms with Crippen molar-refractivity contribution in [3.63, 3.8) is 0 Å². The Bertz CT molecular complexity index is 1320. The fourth-order valence-corrected chi connectivity index (χ4v) is 3.73. The summed E-state index contributed by atoms with van der Waals surface area (Å²) in [5, 5.41) is 3.69. The molecule has 6 heteroatoms. The monoisotopic (exact) mass is 430 g/mol. The van der Waals surface area contributed by atoms with Gasteiger partial charge in [-0.3, -0.25) is 4.79 Å². The molecule has 0 spiro atoms. The van der Waals surface area contributed by atoms with Crippen molar-refractivity contribution in [2.45, 2.75) is 13.8 Å². The van der Waals surface area contributed by atoms with Gasteiger partial charge in [0.25, 0.3) is 5.91 Å². The summed E-state index contributed by atoms with van der Waals surface area (Å²) in [6, 6.07) is 17.0. The van der Waals surface area contributed by atoms with Crippen molar-refractivity contribution in [2.24, 2.45) is 0 Å². The number of aromatic nitrogens is 1. The minimum atomic E-state index is -0.328. The minimum Gasteiger partial charge on any atom is -0.497 e. The number of carbonyl (C=O) groups is 1. The average Bonchev–Trinajstić information content (AvgIpc) is 2.79. The maximum atomic E-state index is 13.4. The zero-order valence-corrected chi connectivity index (χ0v) is 18.3. The molecule has 1 N–H and O–H groups in total. The number of hydrogen-bond acceptors (Lipinski definition) is 4. The molecule has 0 fully saturated rings. The van der Waals surface area contributed by atoms with E-state index in [1.54, 1.807) is 43.5 Å². The molecule has 0 radical (unpaired) electrons. The second-order valence-corrected chi connectivity index (χ2v) is 7.56. The van der Waals surface area contributed by atoms with Gasteiger partial charge in [0, 0.05) is 17.0 Å². The van der Waals surface area contributed by atoms with Crippen molar-refractivity contribution in [2.75, 3.05) is 19.5 Å². The van der Waals surface area contributed by atoms with Gasteiger partial charge in [0.05, 0.1) is 36.7 Å². The highest BCUT2D eigenvalue weighted by Crippen LogP contribution is 2.32. The molecular formula is C26H23FN2O3. The number of fused-ring (bicyclic) bond motifs is 1. The number of pyridine rings is 1. The van der Waals surface area contributed by atoms with Gasteiger partial charge in [0.2, 0.25) is 0 Å². The number of ether oxygens (including phenoxy) is 2. The molecule has 1 aromatic heterocycles. The molecule has 3 aromatic carbocycles.